The molecule has 4 rings (SSSR count). The number of anilines is 1. The van der Waals surface area contributed by atoms with Gasteiger partial charge in [0.2, 0.25) is 11.9 Å². The van der Waals surface area contributed by atoms with E-state index >= 15 is 0 Å². The van der Waals surface area contributed by atoms with Crippen molar-refractivity contribution in [3.05, 3.63) is 65.2 Å². The van der Waals surface area contributed by atoms with Gasteiger partial charge in [-0.25, -0.2) is 0 Å². The molecule has 0 N–H and O–H groups in total. The molecule has 1 aliphatic heterocycles. The number of aromatic nitrogens is 4. The fourth-order valence-electron chi connectivity index (χ4n) is 3.82. The summed E-state index contributed by atoms with van der Waals surface area (Å²) >= 11 is 0. The molecular formula is C23H26N6O2. The van der Waals surface area contributed by atoms with Crippen LogP contribution in [0.25, 0.3) is 5.69 Å². The lowest BCUT2D eigenvalue weighted by Crippen LogP contribution is -2.49. The van der Waals surface area contributed by atoms with E-state index in [0.29, 0.717) is 37.7 Å². The first-order chi connectivity index (χ1) is 15.0. The Morgan fingerprint density at radius 1 is 0.935 bits per heavy atom. The van der Waals surface area contributed by atoms with Gasteiger partial charge in [-0.05, 0) is 48.0 Å². The second kappa shape index (κ2) is 9.07. The topological polar surface area (TPSA) is 84.2 Å². The standard InChI is InChI=1S/C23H26N6O2/c1-17-8-9-18(2)20(16-17)21(30)10-11-22(31)27-12-14-28(15-13-27)23-24-25-26-29(23)19-6-4-3-5-7-19/h3-9,16H,10-15H2,1-2H3. The van der Waals surface area contributed by atoms with E-state index in [0.717, 1.165) is 16.8 Å². The van der Waals surface area contributed by atoms with Crippen LogP contribution in [0.5, 0.6) is 0 Å². The molecular weight excluding hydrogens is 392 g/mol. The lowest BCUT2D eigenvalue weighted by molar-refractivity contribution is -0.131. The summed E-state index contributed by atoms with van der Waals surface area (Å²) < 4.78 is 1.71. The quantitative estimate of drug-likeness (QED) is 0.572. The Bertz CT molecular complexity index is 1070. The van der Waals surface area contributed by atoms with Gasteiger partial charge in [0.05, 0.1) is 5.69 Å². The van der Waals surface area contributed by atoms with Crippen molar-refractivity contribution in [3.8, 4) is 5.69 Å². The van der Waals surface area contributed by atoms with Gasteiger partial charge in [0.25, 0.3) is 0 Å². The van der Waals surface area contributed by atoms with Crippen molar-refractivity contribution in [3.63, 3.8) is 0 Å². The molecule has 0 bridgehead atoms. The van der Waals surface area contributed by atoms with Gasteiger partial charge < -0.3 is 9.80 Å². The number of Topliss-reactive ketones (excluding diaryl/α,β-unsaturated/α-hetero) is 1. The molecule has 0 aliphatic carbocycles. The normalized spacial score (nSPS) is 14.0. The summed E-state index contributed by atoms with van der Waals surface area (Å²) in [4.78, 5) is 29.2. The second-order valence-electron chi connectivity index (χ2n) is 7.84. The highest BCUT2D eigenvalue weighted by Gasteiger charge is 2.25. The molecule has 1 aromatic heterocycles. The molecule has 31 heavy (non-hydrogen) atoms. The van der Waals surface area contributed by atoms with Crippen LogP contribution in [0.1, 0.15) is 34.3 Å². The first kappa shape index (κ1) is 20.7. The van der Waals surface area contributed by atoms with Crippen molar-refractivity contribution < 1.29 is 9.59 Å². The first-order valence-electron chi connectivity index (χ1n) is 10.5. The van der Waals surface area contributed by atoms with E-state index in [2.05, 4.69) is 20.4 Å². The van der Waals surface area contributed by atoms with E-state index in [1.165, 1.54) is 0 Å². The Hall–Kier alpha value is -3.55. The van der Waals surface area contributed by atoms with Crippen LogP contribution >= 0.6 is 0 Å². The highest BCUT2D eigenvalue weighted by Crippen LogP contribution is 2.18. The summed E-state index contributed by atoms with van der Waals surface area (Å²) in [6.07, 6.45) is 0.462. The van der Waals surface area contributed by atoms with Gasteiger partial charge in [-0.15, -0.1) is 0 Å². The van der Waals surface area contributed by atoms with Crippen molar-refractivity contribution in [1.29, 1.82) is 0 Å². The zero-order valence-corrected chi connectivity index (χ0v) is 17.9. The van der Waals surface area contributed by atoms with Crippen molar-refractivity contribution >= 4 is 17.6 Å². The average Bonchev–Trinajstić information content (AvgIpc) is 3.29. The molecule has 8 heteroatoms. The van der Waals surface area contributed by atoms with Gasteiger partial charge >= 0.3 is 0 Å². The molecule has 0 spiro atoms. The Kier molecular flexibility index (Phi) is 6.06. The molecule has 0 atom stereocenters. The van der Waals surface area contributed by atoms with E-state index in [-0.39, 0.29) is 24.5 Å². The number of carbonyl (C=O) groups is 2. The van der Waals surface area contributed by atoms with Crippen LogP contribution in [0.3, 0.4) is 0 Å². The summed E-state index contributed by atoms with van der Waals surface area (Å²) in [5.74, 6) is 0.708. The summed E-state index contributed by atoms with van der Waals surface area (Å²) in [6, 6.07) is 15.6. The molecule has 1 saturated heterocycles. The number of hydrogen-bond acceptors (Lipinski definition) is 6. The molecule has 1 fully saturated rings. The summed E-state index contributed by atoms with van der Waals surface area (Å²) in [5.41, 5.74) is 3.61. The van der Waals surface area contributed by atoms with Crippen molar-refractivity contribution in [2.45, 2.75) is 26.7 Å². The SMILES string of the molecule is Cc1ccc(C)c(C(=O)CCC(=O)N2CCN(c3nnnn3-c3ccccc3)CC2)c1. The van der Waals surface area contributed by atoms with Crippen LogP contribution in [0, 0.1) is 13.8 Å². The number of aryl methyl sites for hydroxylation is 2. The third-order valence-electron chi connectivity index (χ3n) is 5.63. The lowest BCUT2D eigenvalue weighted by atomic mass is 9.99. The van der Waals surface area contributed by atoms with Crippen LogP contribution in [0.2, 0.25) is 0 Å². The second-order valence-corrected chi connectivity index (χ2v) is 7.84. The molecule has 2 heterocycles. The van der Waals surface area contributed by atoms with Gasteiger partial charge in [-0.3, -0.25) is 9.59 Å². The number of rotatable bonds is 6. The minimum atomic E-state index is 0.0148. The van der Waals surface area contributed by atoms with Crippen molar-refractivity contribution in [2.75, 3.05) is 31.1 Å². The number of carbonyl (C=O) groups excluding carboxylic acids is 2. The number of para-hydroxylation sites is 1. The van der Waals surface area contributed by atoms with E-state index in [1.54, 1.807) is 4.68 Å². The number of piperazine rings is 1. The van der Waals surface area contributed by atoms with Crippen molar-refractivity contribution in [2.24, 2.45) is 0 Å². The number of hydrogen-bond donors (Lipinski definition) is 0. The Labute approximate surface area is 181 Å². The van der Waals surface area contributed by atoms with Crippen molar-refractivity contribution in [1.82, 2.24) is 25.1 Å². The minimum Gasteiger partial charge on any atom is -0.339 e. The third kappa shape index (κ3) is 4.63. The van der Waals surface area contributed by atoms with E-state index in [9.17, 15) is 9.59 Å². The Morgan fingerprint density at radius 2 is 1.68 bits per heavy atom. The number of nitrogens with zero attached hydrogens (tertiary/aromatic N) is 6. The maximum atomic E-state index is 12.7. The van der Waals surface area contributed by atoms with Gasteiger partial charge in [0, 0.05) is 44.6 Å². The molecule has 2 aromatic carbocycles. The molecule has 160 valence electrons. The van der Waals surface area contributed by atoms with E-state index in [4.69, 9.17) is 0 Å². The largest absolute Gasteiger partial charge is 0.339 e. The lowest BCUT2D eigenvalue weighted by Gasteiger charge is -2.34. The van der Waals surface area contributed by atoms with Crippen LogP contribution in [0.15, 0.2) is 48.5 Å². The van der Waals surface area contributed by atoms with Crippen LogP contribution < -0.4 is 4.90 Å². The highest BCUT2D eigenvalue weighted by molar-refractivity contribution is 5.99. The summed E-state index contributed by atoms with van der Waals surface area (Å²) in [6.45, 7) is 6.34. The zero-order chi connectivity index (χ0) is 21.8. The number of benzene rings is 2. The Balaban J connectivity index is 1.32. The number of tetrazole rings is 1. The maximum absolute atomic E-state index is 12.7. The molecule has 1 aliphatic rings. The fraction of sp³-hybridized carbons (Fsp3) is 0.348. The predicted octanol–water partition coefficient (Wildman–Crippen LogP) is 2.59. The maximum Gasteiger partial charge on any atom is 0.250 e. The average molecular weight is 419 g/mol. The molecule has 0 unspecified atom stereocenters. The van der Waals surface area contributed by atoms with Crippen LogP contribution in [-0.2, 0) is 4.79 Å². The molecule has 0 saturated carbocycles. The summed E-state index contributed by atoms with van der Waals surface area (Å²) in [5, 5.41) is 12.1. The fourth-order valence-corrected chi connectivity index (χ4v) is 3.82. The molecule has 0 radical (unpaired) electrons. The first-order valence-corrected chi connectivity index (χ1v) is 10.5. The van der Waals surface area contributed by atoms with E-state index in [1.807, 2.05) is 67.3 Å². The highest BCUT2D eigenvalue weighted by atomic mass is 16.2. The molecule has 8 nitrogen and oxygen atoms in total. The van der Waals surface area contributed by atoms with Gasteiger partial charge in [-0.2, -0.15) is 4.68 Å². The summed E-state index contributed by atoms with van der Waals surface area (Å²) in [7, 11) is 0. The van der Waals surface area contributed by atoms with Gasteiger partial charge in [-0.1, -0.05) is 41.0 Å². The third-order valence-corrected chi connectivity index (χ3v) is 5.63. The monoisotopic (exact) mass is 418 g/mol. The zero-order valence-electron chi connectivity index (χ0n) is 17.9. The Morgan fingerprint density at radius 3 is 2.42 bits per heavy atom. The number of amides is 1. The molecule has 3 aromatic rings. The van der Waals surface area contributed by atoms with Crippen LogP contribution in [0.4, 0.5) is 5.95 Å². The molecule has 1 amide bonds. The minimum absolute atomic E-state index is 0.0148. The van der Waals surface area contributed by atoms with E-state index < -0.39 is 0 Å². The van der Waals surface area contributed by atoms with Gasteiger partial charge in [0.1, 0.15) is 0 Å². The van der Waals surface area contributed by atoms with Crippen LogP contribution in [-0.4, -0.2) is 63.0 Å². The smallest absolute Gasteiger partial charge is 0.250 e. The predicted molar refractivity (Wildman–Crippen MR) is 117 cm³/mol. The number of ketones is 1. The van der Waals surface area contributed by atoms with Gasteiger partial charge in [0.15, 0.2) is 5.78 Å².